The molecule has 1 aromatic heterocycles. The number of ether oxygens (including phenoxy) is 1. The Hall–Kier alpha value is -1.11. The van der Waals surface area contributed by atoms with E-state index in [0.717, 1.165) is 12.8 Å². The summed E-state index contributed by atoms with van der Waals surface area (Å²) in [6.45, 7) is 6.75. The molecule has 0 aliphatic heterocycles. The maximum absolute atomic E-state index is 10.3. The first-order chi connectivity index (χ1) is 10.2. The zero-order chi connectivity index (χ0) is 16.4. The van der Waals surface area contributed by atoms with Gasteiger partial charge in [0, 0.05) is 6.07 Å². The predicted molar refractivity (Wildman–Crippen MR) is 86.2 cm³/mol. The van der Waals surface area contributed by atoms with Gasteiger partial charge >= 0.3 is 7.12 Å². The lowest BCUT2D eigenvalue weighted by molar-refractivity contribution is -0.0983. The van der Waals surface area contributed by atoms with Crippen LogP contribution >= 0.6 is 0 Å². The minimum absolute atomic E-state index is 0.216. The lowest BCUT2D eigenvalue weighted by Gasteiger charge is -2.38. The highest BCUT2D eigenvalue weighted by molar-refractivity contribution is 6.59. The first kappa shape index (κ1) is 17.3. The molecule has 0 radical (unpaired) electrons. The van der Waals surface area contributed by atoms with Gasteiger partial charge in [-0.3, -0.25) is 0 Å². The van der Waals surface area contributed by atoms with Crippen molar-refractivity contribution in [3.05, 3.63) is 18.2 Å². The molecule has 1 fully saturated rings. The smallest absolute Gasteiger partial charge is 0.474 e. The first-order valence-corrected chi connectivity index (χ1v) is 7.91. The Bertz CT molecular complexity index is 495. The molecule has 0 amide bonds. The Balaban J connectivity index is 2.05. The van der Waals surface area contributed by atoms with E-state index in [-0.39, 0.29) is 6.10 Å². The van der Waals surface area contributed by atoms with Gasteiger partial charge in [-0.25, -0.2) is 4.98 Å². The molecule has 1 aromatic rings. The van der Waals surface area contributed by atoms with Gasteiger partial charge in [-0.1, -0.05) is 6.07 Å². The number of rotatable bonds is 6. The van der Waals surface area contributed by atoms with Crippen molar-refractivity contribution in [3.8, 4) is 5.88 Å². The van der Waals surface area contributed by atoms with Crippen molar-refractivity contribution < 1.29 is 19.5 Å². The van der Waals surface area contributed by atoms with Crippen molar-refractivity contribution in [1.29, 1.82) is 0 Å². The van der Waals surface area contributed by atoms with E-state index in [0.29, 0.717) is 11.5 Å². The molecule has 2 rings (SSSR count). The van der Waals surface area contributed by atoms with Crippen molar-refractivity contribution in [2.45, 2.75) is 70.7 Å². The number of hydrogen-bond acceptors (Lipinski definition) is 5. The van der Waals surface area contributed by atoms with E-state index in [4.69, 9.17) is 9.39 Å². The van der Waals surface area contributed by atoms with Crippen molar-refractivity contribution in [3.63, 3.8) is 0 Å². The highest BCUT2D eigenvalue weighted by Crippen LogP contribution is 2.25. The third-order valence-corrected chi connectivity index (χ3v) is 4.47. The van der Waals surface area contributed by atoms with E-state index in [2.05, 4.69) is 4.98 Å². The molecule has 0 bridgehead atoms. The molecule has 0 saturated heterocycles. The summed E-state index contributed by atoms with van der Waals surface area (Å²) < 4.78 is 11.4. The van der Waals surface area contributed by atoms with Gasteiger partial charge in [-0.15, -0.1) is 0 Å². The van der Waals surface area contributed by atoms with Crippen LogP contribution in [-0.4, -0.2) is 39.5 Å². The van der Waals surface area contributed by atoms with E-state index in [9.17, 15) is 10.1 Å². The van der Waals surface area contributed by atoms with Crippen LogP contribution in [-0.2, 0) is 4.65 Å². The monoisotopic (exact) mass is 307 g/mol. The summed E-state index contributed by atoms with van der Waals surface area (Å²) in [7, 11) is -1.21. The third-order valence-electron chi connectivity index (χ3n) is 4.47. The van der Waals surface area contributed by atoms with Crippen LogP contribution in [0.1, 0.15) is 53.4 Å². The minimum atomic E-state index is -1.21. The van der Waals surface area contributed by atoms with E-state index in [1.54, 1.807) is 45.9 Å². The highest BCUT2D eigenvalue weighted by Gasteiger charge is 2.40. The van der Waals surface area contributed by atoms with Gasteiger partial charge in [0.05, 0.1) is 16.8 Å². The molecule has 0 unspecified atom stereocenters. The zero-order valence-electron chi connectivity index (χ0n) is 13.9. The summed E-state index contributed by atoms with van der Waals surface area (Å²) in [5.74, 6) is 0.508. The van der Waals surface area contributed by atoms with Gasteiger partial charge in [-0.2, -0.15) is 0 Å². The highest BCUT2D eigenvalue weighted by atomic mass is 16.5. The average molecular weight is 307 g/mol. The summed E-state index contributed by atoms with van der Waals surface area (Å²) in [5.41, 5.74) is -1.63. The number of pyridine rings is 1. The maximum atomic E-state index is 10.3. The van der Waals surface area contributed by atoms with Gasteiger partial charge in [0.25, 0.3) is 0 Å². The second-order valence-corrected chi connectivity index (χ2v) is 6.96. The second kappa shape index (κ2) is 6.56. The standard InChI is InChI=1S/C16H26BNO4/c1-15(2,19)16(3,4)22-17(20)13-10-7-11-14(18-13)21-12-8-5-6-9-12/h7,10-12,19-20H,5-6,8-9H2,1-4H3. The van der Waals surface area contributed by atoms with Crippen LogP contribution in [0.25, 0.3) is 0 Å². The molecule has 2 N–H and O–H groups in total. The van der Waals surface area contributed by atoms with Crippen molar-refractivity contribution in [2.24, 2.45) is 0 Å². The van der Waals surface area contributed by atoms with E-state index in [1.807, 2.05) is 0 Å². The minimum Gasteiger partial charge on any atom is -0.474 e. The third kappa shape index (κ3) is 4.21. The summed E-state index contributed by atoms with van der Waals surface area (Å²) in [5, 5.41) is 20.4. The van der Waals surface area contributed by atoms with Crippen LogP contribution < -0.4 is 10.3 Å². The molecular formula is C16H26BNO4. The molecule has 122 valence electrons. The molecule has 1 aliphatic rings. The summed E-state index contributed by atoms with van der Waals surface area (Å²) >= 11 is 0. The van der Waals surface area contributed by atoms with Crippen molar-refractivity contribution >= 4 is 12.7 Å². The summed E-state index contributed by atoms with van der Waals surface area (Å²) in [6.07, 6.45) is 4.70. The Morgan fingerprint density at radius 1 is 1.18 bits per heavy atom. The van der Waals surface area contributed by atoms with Crippen LogP contribution in [0.2, 0.25) is 0 Å². The molecule has 22 heavy (non-hydrogen) atoms. The number of aromatic nitrogens is 1. The predicted octanol–water partition coefficient (Wildman–Crippen LogP) is 1.66. The number of nitrogens with zero attached hydrogens (tertiary/aromatic N) is 1. The van der Waals surface area contributed by atoms with Gasteiger partial charge in [0.15, 0.2) is 0 Å². The molecule has 1 aliphatic carbocycles. The van der Waals surface area contributed by atoms with Crippen LogP contribution in [0.3, 0.4) is 0 Å². The molecule has 1 saturated carbocycles. The zero-order valence-corrected chi connectivity index (χ0v) is 13.9. The topological polar surface area (TPSA) is 71.8 Å². The van der Waals surface area contributed by atoms with Crippen LogP contribution in [0.5, 0.6) is 5.88 Å². The summed E-state index contributed by atoms with van der Waals surface area (Å²) in [4.78, 5) is 4.32. The molecule has 1 heterocycles. The van der Waals surface area contributed by atoms with Crippen molar-refractivity contribution in [1.82, 2.24) is 4.98 Å². The maximum Gasteiger partial charge on any atom is 0.511 e. The molecule has 6 heteroatoms. The fraction of sp³-hybridized carbons (Fsp3) is 0.688. The normalized spacial score (nSPS) is 16.8. The molecule has 0 aromatic carbocycles. The number of hydrogen-bond donors (Lipinski definition) is 2. The molecule has 0 atom stereocenters. The lowest BCUT2D eigenvalue weighted by atomic mass is 9.80. The van der Waals surface area contributed by atoms with Gasteiger partial charge < -0.3 is 19.5 Å². The Morgan fingerprint density at radius 2 is 1.82 bits per heavy atom. The van der Waals surface area contributed by atoms with E-state index >= 15 is 0 Å². The number of aliphatic hydroxyl groups is 1. The lowest BCUT2D eigenvalue weighted by Crippen LogP contribution is -2.53. The first-order valence-electron chi connectivity index (χ1n) is 7.91. The SMILES string of the molecule is CC(C)(O)C(C)(C)OB(O)c1cccc(OC2CCCC2)n1. The quantitative estimate of drug-likeness (QED) is 0.782. The molecular weight excluding hydrogens is 281 g/mol. The fourth-order valence-corrected chi connectivity index (χ4v) is 2.29. The van der Waals surface area contributed by atoms with Gasteiger partial charge in [0.1, 0.15) is 6.10 Å². The molecule has 5 nitrogen and oxygen atoms in total. The Labute approximate surface area is 132 Å². The second-order valence-electron chi connectivity index (χ2n) is 6.96. The van der Waals surface area contributed by atoms with Gasteiger partial charge in [0.2, 0.25) is 5.88 Å². The van der Waals surface area contributed by atoms with Crippen molar-refractivity contribution in [2.75, 3.05) is 0 Å². The van der Waals surface area contributed by atoms with E-state index in [1.165, 1.54) is 12.8 Å². The average Bonchev–Trinajstić information content (AvgIpc) is 2.90. The summed E-state index contributed by atoms with van der Waals surface area (Å²) in [6, 6.07) is 5.26. The van der Waals surface area contributed by atoms with Gasteiger partial charge in [-0.05, 0) is 59.4 Å². The van der Waals surface area contributed by atoms with Crippen LogP contribution in [0.4, 0.5) is 0 Å². The van der Waals surface area contributed by atoms with Crippen LogP contribution in [0.15, 0.2) is 18.2 Å². The largest absolute Gasteiger partial charge is 0.511 e. The molecule has 0 spiro atoms. The van der Waals surface area contributed by atoms with E-state index < -0.39 is 18.3 Å². The Morgan fingerprint density at radius 3 is 2.41 bits per heavy atom. The fourth-order valence-electron chi connectivity index (χ4n) is 2.29. The van der Waals surface area contributed by atoms with Crippen LogP contribution in [0, 0.1) is 0 Å². The Kier molecular flexibility index (Phi) is 5.15.